The van der Waals surface area contributed by atoms with Gasteiger partial charge in [-0.25, -0.2) is 0 Å². The van der Waals surface area contributed by atoms with Gasteiger partial charge in [-0.1, -0.05) is 58.0 Å². The molecule has 0 aliphatic carbocycles. The van der Waals surface area contributed by atoms with Crippen LogP contribution in [0.15, 0.2) is 30.3 Å². The molecule has 15 atom stereocenters. The lowest BCUT2D eigenvalue weighted by molar-refractivity contribution is -0.319. The van der Waals surface area contributed by atoms with E-state index >= 15 is 0 Å². The number of likely N-dealkylation sites (N-methyl/N-ethyl adjacent to an activating group) is 1. The molecule has 3 rings (SSSR count). The topological polar surface area (TPSA) is 204 Å². The Morgan fingerprint density at radius 3 is 1.99 bits per heavy atom. The fraction of sp³-hybridized carbons (Fsp3) is 0.800. The van der Waals surface area contributed by atoms with Gasteiger partial charge in [0.05, 0.1) is 24.4 Å². The molecule has 0 amide bonds. The van der Waals surface area contributed by atoms with E-state index in [0.29, 0.717) is 38.9 Å². The van der Waals surface area contributed by atoms with Crippen molar-refractivity contribution in [2.75, 3.05) is 55.1 Å². The van der Waals surface area contributed by atoms with Crippen LogP contribution in [0.1, 0.15) is 133 Å². The van der Waals surface area contributed by atoms with E-state index in [1.165, 1.54) is 19.4 Å². The summed E-state index contributed by atoms with van der Waals surface area (Å²) in [5.41, 5.74) is -0.265. The zero-order chi connectivity index (χ0) is 54.6. The highest BCUT2D eigenvalue weighted by Crippen LogP contribution is 2.44. The van der Waals surface area contributed by atoms with Crippen LogP contribution in [0.2, 0.25) is 0 Å². The molecule has 18 heteroatoms. The van der Waals surface area contributed by atoms with Crippen molar-refractivity contribution in [2.45, 2.75) is 213 Å². The lowest BCUT2D eigenvalue weighted by Crippen LogP contribution is -2.68. The minimum Gasteiger partial charge on any atom is -0.461 e. The standard InChI is InChI=1S/C55H92N2O16/c1-16-42(71-44(61)17-2)51(66-15)48(52-53(70-39(9)60)49(56(11)12)50(36(6)68-52)73-47-32-55(10,63)54(37(7)67-47)72-45(62)18-3)41(31-46(64-13)65-14)30-34(4)43(69-38(8)59)33-57(29-27-35(5)58)28-23-22-26-40-24-20-19-21-25-40/h19-21,24-25,34,36-37,41-43,46-54,63H,16-18,22-23,26-33H2,1-15H3/t34-,36-,37+,41-,42-,43+,47-,48+,49+,50-,51-,52+,53-,54+,55-/m1/s1. The fourth-order valence-electron chi connectivity index (χ4n) is 10.7. The van der Waals surface area contributed by atoms with Crippen LogP contribution in [0.4, 0.5) is 0 Å². The maximum absolute atomic E-state index is 13.4. The summed E-state index contributed by atoms with van der Waals surface area (Å²) in [6.45, 7) is 18.3. The van der Waals surface area contributed by atoms with E-state index in [-0.39, 0.29) is 37.4 Å². The second-order valence-electron chi connectivity index (χ2n) is 20.6. The summed E-state index contributed by atoms with van der Waals surface area (Å²) in [7, 11) is 8.35. The summed E-state index contributed by atoms with van der Waals surface area (Å²) >= 11 is 0. The second kappa shape index (κ2) is 31.5. The summed E-state index contributed by atoms with van der Waals surface area (Å²) in [6.07, 6.45) is -4.96. The molecule has 2 heterocycles. The molecule has 0 spiro atoms. The third-order valence-corrected chi connectivity index (χ3v) is 14.4. The van der Waals surface area contributed by atoms with Crippen molar-refractivity contribution < 1.29 is 76.4 Å². The van der Waals surface area contributed by atoms with Crippen LogP contribution < -0.4 is 0 Å². The van der Waals surface area contributed by atoms with Gasteiger partial charge in [-0.05, 0) is 97.8 Å². The molecule has 1 N–H and O–H groups in total. The summed E-state index contributed by atoms with van der Waals surface area (Å²) < 4.78 is 63.0. The average Bonchev–Trinajstić information content (AvgIpc) is 3.33. The summed E-state index contributed by atoms with van der Waals surface area (Å²) in [4.78, 5) is 68.5. The number of ether oxygens (including phenoxy) is 10. The zero-order valence-electron chi connectivity index (χ0n) is 46.7. The molecule has 0 aromatic heterocycles. The number of aryl methyl sites for hydroxylation is 1. The molecule has 18 nitrogen and oxygen atoms in total. The van der Waals surface area contributed by atoms with Gasteiger partial charge in [0.2, 0.25) is 0 Å². The Morgan fingerprint density at radius 1 is 0.795 bits per heavy atom. The second-order valence-corrected chi connectivity index (χ2v) is 20.6. The third-order valence-electron chi connectivity index (χ3n) is 14.4. The molecular weight excluding hydrogens is 945 g/mol. The van der Waals surface area contributed by atoms with Crippen molar-refractivity contribution in [3.05, 3.63) is 35.9 Å². The van der Waals surface area contributed by atoms with Crippen molar-refractivity contribution in [1.82, 2.24) is 9.80 Å². The van der Waals surface area contributed by atoms with E-state index in [1.54, 1.807) is 55.9 Å². The SMILES string of the molecule is CCC(=O)O[C@H](CC)[C@@H](OC)[C@H]([C@@H](CC(OC)OC)C[C@@H](C)[C@H](CN(CCCCc1ccccc1)CCC(C)=O)OC(C)=O)[C@@H]1O[C@H](C)[C@@H](O[C@@H]2C[C@@](C)(O)[C@@H](OC(=O)CC)[C@H](C)O2)[C@H](N(C)C)[C@H]1OC(C)=O. The monoisotopic (exact) mass is 1040 g/mol. The number of Topliss-reactive ketones (excluding diaryl/α,β-unsaturated/α-hetero) is 1. The number of nitrogens with zero attached hydrogens (tertiary/aromatic N) is 2. The minimum absolute atomic E-state index is 0.0435. The largest absolute Gasteiger partial charge is 0.461 e. The normalized spacial score (nSPS) is 26.9. The average molecular weight is 1040 g/mol. The van der Waals surface area contributed by atoms with Crippen LogP contribution in [0.5, 0.6) is 0 Å². The quantitative estimate of drug-likeness (QED) is 0.0355. The van der Waals surface area contributed by atoms with Gasteiger partial charge in [-0.2, -0.15) is 0 Å². The number of rotatable bonds is 32. The molecule has 0 saturated carbocycles. The first kappa shape index (κ1) is 63.7. The highest BCUT2D eigenvalue weighted by Gasteiger charge is 2.57. The molecule has 0 unspecified atom stereocenters. The van der Waals surface area contributed by atoms with Crippen LogP contribution in [-0.2, 0) is 77.8 Å². The van der Waals surface area contributed by atoms with Crippen molar-refractivity contribution in [3.8, 4) is 0 Å². The molecular formula is C55H92N2O16. The molecule has 2 aliphatic heterocycles. The van der Waals surface area contributed by atoms with Crippen LogP contribution in [0.25, 0.3) is 0 Å². The molecule has 1 aromatic rings. The van der Waals surface area contributed by atoms with E-state index in [2.05, 4.69) is 17.0 Å². The van der Waals surface area contributed by atoms with Crippen LogP contribution in [0.3, 0.4) is 0 Å². The van der Waals surface area contributed by atoms with Gasteiger partial charge in [0.25, 0.3) is 0 Å². The Morgan fingerprint density at radius 2 is 1.45 bits per heavy atom. The lowest BCUT2D eigenvalue weighted by Gasteiger charge is -2.53. The highest BCUT2D eigenvalue weighted by atomic mass is 16.7. The summed E-state index contributed by atoms with van der Waals surface area (Å²) in [5.74, 6) is -3.41. The molecule has 1 aromatic carbocycles. The van der Waals surface area contributed by atoms with Crippen LogP contribution in [-0.4, -0.2) is 179 Å². The zero-order valence-corrected chi connectivity index (χ0v) is 46.7. The molecule has 2 aliphatic rings. The van der Waals surface area contributed by atoms with Crippen LogP contribution in [0, 0.1) is 17.8 Å². The summed E-state index contributed by atoms with van der Waals surface area (Å²) in [6, 6.07) is 9.59. The first-order valence-electron chi connectivity index (χ1n) is 26.5. The van der Waals surface area contributed by atoms with Gasteiger partial charge in [-0.3, -0.25) is 28.9 Å². The number of carbonyl (C=O) groups is 5. The highest BCUT2D eigenvalue weighted by molar-refractivity contribution is 5.75. The Hall–Kier alpha value is -3.59. The first-order chi connectivity index (χ1) is 34.5. The van der Waals surface area contributed by atoms with Crippen molar-refractivity contribution in [2.24, 2.45) is 17.8 Å². The predicted molar refractivity (Wildman–Crippen MR) is 273 cm³/mol. The molecule has 0 bridgehead atoms. The molecule has 418 valence electrons. The van der Waals surface area contributed by atoms with E-state index in [4.69, 9.17) is 47.4 Å². The van der Waals surface area contributed by atoms with E-state index in [1.807, 2.05) is 58.0 Å². The van der Waals surface area contributed by atoms with Gasteiger partial charge in [0, 0.05) is 86.3 Å². The van der Waals surface area contributed by atoms with Gasteiger partial charge in [0.15, 0.2) is 18.7 Å². The Labute approximate surface area is 436 Å². The maximum atomic E-state index is 13.4. The first-order valence-corrected chi connectivity index (χ1v) is 26.5. The number of esters is 4. The number of ketones is 1. The number of aliphatic hydroxyl groups is 1. The van der Waals surface area contributed by atoms with Crippen molar-refractivity contribution in [3.63, 3.8) is 0 Å². The lowest BCUT2D eigenvalue weighted by atomic mass is 9.70. The number of hydrogen-bond donors (Lipinski definition) is 1. The number of hydrogen-bond acceptors (Lipinski definition) is 18. The predicted octanol–water partition coefficient (Wildman–Crippen LogP) is 6.48. The van der Waals surface area contributed by atoms with E-state index in [0.717, 1.165) is 19.3 Å². The number of unbranched alkanes of at least 4 members (excludes halogenated alkanes) is 1. The summed E-state index contributed by atoms with van der Waals surface area (Å²) in [5, 5.41) is 11.7. The van der Waals surface area contributed by atoms with Crippen molar-refractivity contribution >= 4 is 29.7 Å². The van der Waals surface area contributed by atoms with Crippen LogP contribution >= 0.6 is 0 Å². The smallest absolute Gasteiger partial charge is 0.305 e. The van der Waals surface area contributed by atoms with Gasteiger partial charge < -0.3 is 57.4 Å². The van der Waals surface area contributed by atoms with Gasteiger partial charge in [-0.15, -0.1) is 0 Å². The molecule has 2 saturated heterocycles. The number of methoxy groups -OCH3 is 3. The third kappa shape index (κ3) is 19.8. The Kier molecular flexibility index (Phi) is 27.4. The van der Waals surface area contributed by atoms with Gasteiger partial charge in [0.1, 0.15) is 41.9 Å². The maximum Gasteiger partial charge on any atom is 0.305 e. The fourth-order valence-corrected chi connectivity index (χ4v) is 10.7. The van der Waals surface area contributed by atoms with Gasteiger partial charge >= 0.3 is 23.9 Å². The Balaban J connectivity index is 2.20. The number of benzene rings is 1. The van der Waals surface area contributed by atoms with Crippen molar-refractivity contribution in [1.29, 1.82) is 0 Å². The molecule has 2 fully saturated rings. The Bertz CT molecular complexity index is 1810. The van der Waals surface area contributed by atoms with E-state index in [9.17, 15) is 29.1 Å². The van der Waals surface area contributed by atoms with E-state index < -0.39 is 115 Å². The molecule has 73 heavy (non-hydrogen) atoms. The molecule has 0 radical (unpaired) electrons. The number of carbonyl (C=O) groups excluding carboxylic acids is 5. The minimum atomic E-state index is -1.51.